The molecule has 0 aliphatic heterocycles. The molecule has 0 spiro atoms. The first-order chi connectivity index (χ1) is 16.6. The third-order valence-electron chi connectivity index (χ3n) is 4.59. The molecule has 7 nitrogen and oxygen atoms in total. The van der Waals surface area contributed by atoms with Crippen LogP contribution >= 0.6 is 0 Å². The number of esters is 1. The number of hydrogen-bond donors (Lipinski definition) is 1. The maximum Gasteiger partial charge on any atom is 0.343 e. The first-order valence-electron chi connectivity index (χ1n) is 10.8. The van der Waals surface area contributed by atoms with Gasteiger partial charge in [0.15, 0.2) is 6.61 Å². The van der Waals surface area contributed by atoms with Gasteiger partial charge in [0.05, 0.1) is 18.4 Å². The van der Waals surface area contributed by atoms with Gasteiger partial charge in [-0.1, -0.05) is 24.3 Å². The van der Waals surface area contributed by atoms with Gasteiger partial charge in [0, 0.05) is 0 Å². The normalized spacial score (nSPS) is 10.5. The number of amides is 1. The van der Waals surface area contributed by atoms with Crippen molar-refractivity contribution in [2.24, 2.45) is 5.10 Å². The van der Waals surface area contributed by atoms with Crippen LogP contribution in [0.2, 0.25) is 0 Å². The van der Waals surface area contributed by atoms with Gasteiger partial charge < -0.3 is 14.2 Å². The van der Waals surface area contributed by atoms with Crippen LogP contribution in [-0.2, 0) is 11.2 Å². The Kier molecular flexibility index (Phi) is 8.99. The second-order valence-corrected chi connectivity index (χ2v) is 7.10. The number of carbonyl (C=O) groups excluding carboxylic acids is 2. The fraction of sp³-hybridized carbons (Fsp3) is 0.148. The van der Waals surface area contributed by atoms with Crippen LogP contribution in [0.3, 0.4) is 0 Å². The molecule has 7 heteroatoms. The minimum Gasteiger partial charge on any atom is -0.494 e. The molecule has 0 bridgehead atoms. The van der Waals surface area contributed by atoms with Gasteiger partial charge in [-0.3, -0.25) is 4.79 Å². The summed E-state index contributed by atoms with van der Waals surface area (Å²) in [6.07, 6.45) is 3.92. The zero-order valence-electron chi connectivity index (χ0n) is 18.9. The van der Waals surface area contributed by atoms with E-state index in [1.807, 2.05) is 25.1 Å². The van der Waals surface area contributed by atoms with Crippen LogP contribution in [0.4, 0.5) is 0 Å². The monoisotopic (exact) mass is 458 g/mol. The first kappa shape index (κ1) is 24.3. The molecule has 0 saturated heterocycles. The van der Waals surface area contributed by atoms with Gasteiger partial charge in [0.25, 0.3) is 5.91 Å². The maximum atomic E-state index is 12.3. The maximum absolute atomic E-state index is 12.3. The lowest BCUT2D eigenvalue weighted by Gasteiger charge is -2.09. The summed E-state index contributed by atoms with van der Waals surface area (Å²) in [6.45, 7) is 6.01. The van der Waals surface area contributed by atoms with Crippen LogP contribution in [0.25, 0.3) is 0 Å². The van der Waals surface area contributed by atoms with Gasteiger partial charge >= 0.3 is 5.97 Å². The summed E-state index contributed by atoms with van der Waals surface area (Å²) in [7, 11) is 0. The zero-order chi connectivity index (χ0) is 24.2. The number of rotatable bonds is 11. The average molecular weight is 459 g/mol. The van der Waals surface area contributed by atoms with Crippen molar-refractivity contribution in [2.45, 2.75) is 13.3 Å². The minimum absolute atomic E-state index is 0.161. The van der Waals surface area contributed by atoms with Gasteiger partial charge in [-0.05, 0) is 79.1 Å². The Labute approximate surface area is 198 Å². The van der Waals surface area contributed by atoms with Gasteiger partial charge in [-0.15, -0.1) is 6.58 Å². The molecule has 1 N–H and O–H groups in total. The molecule has 0 unspecified atom stereocenters. The molecule has 0 aliphatic rings. The summed E-state index contributed by atoms with van der Waals surface area (Å²) in [4.78, 5) is 24.3. The molecule has 174 valence electrons. The Balaban J connectivity index is 1.46. The molecule has 34 heavy (non-hydrogen) atoms. The third kappa shape index (κ3) is 7.34. The Morgan fingerprint density at radius 1 is 0.941 bits per heavy atom. The van der Waals surface area contributed by atoms with E-state index in [4.69, 9.17) is 14.2 Å². The standard InChI is InChI=1S/C27H26N2O5/c1-3-7-21-8-5-6-9-25(21)33-19-26(30)29-28-18-20-10-14-24(15-11-20)34-27(31)22-12-16-23(17-13-22)32-4-2/h3,5-6,8-18H,1,4,7,19H2,2H3,(H,29,30). The summed E-state index contributed by atoms with van der Waals surface area (Å²) >= 11 is 0. The van der Waals surface area contributed by atoms with Crippen LogP contribution in [0.1, 0.15) is 28.4 Å². The number of allylic oxidation sites excluding steroid dienone is 1. The number of hydrogen-bond acceptors (Lipinski definition) is 6. The number of nitrogens with one attached hydrogen (secondary N) is 1. The fourth-order valence-corrected chi connectivity index (χ4v) is 2.96. The van der Waals surface area contributed by atoms with Crippen molar-refractivity contribution in [3.63, 3.8) is 0 Å². The number of carbonyl (C=O) groups is 2. The topological polar surface area (TPSA) is 86.2 Å². The number of nitrogens with zero attached hydrogens (tertiary/aromatic N) is 1. The van der Waals surface area contributed by atoms with Gasteiger partial charge in [0.1, 0.15) is 17.2 Å². The van der Waals surface area contributed by atoms with Gasteiger partial charge in [-0.2, -0.15) is 5.10 Å². The molecule has 0 atom stereocenters. The predicted octanol–water partition coefficient (Wildman–Crippen LogP) is 4.56. The molecular formula is C27H26N2O5. The SMILES string of the molecule is C=CCc1ccccc1OCC(=O)NN=Cc1ccc(OC(=O)c2ccc(OCC)cc2)cc1. The van der Waals surface area contributed by atoms with Crippen LogP contribution in [0.5, 0.6) is 17.2 Å². The van der Waals surface area contributed by atoms with E-state index in [1.165, 1.54) is 6.21 Å². The van der Waals surface area contributed by atoms with Crippen molar-refractivity contribution in [1.82, 2.24) is 5.43 Å². The van der Waals surface area contributed by atoms with E-state index in [0.717, 1.165) is 11.1 Å². The molecular weight excluding hydrogens is 432 g/mol. The lowest BCUT2D eigenvalue weighted by Crippen LogP contribution is -2.24. The second kappa shape index (κ2) is 12.6. The highest BCUT2D eigenvalue weighted by Gasteiger charge is 2.09. The third-order valence-corrected chi connectivity index (χ3v) is 4.59. The van der Waals surface area contributed by atoms with E-state index in [1.54, 1.807) is 60.7 Å². The minimum atomic E-state index is -0.466. The summed E-state index contributed by atoms with van der Waals surface area (Å²) in [6, 6.07) is 21.0. The molecule has 3 aromatic rings. The highest BCUT2D eigenvalue weighted by molar-refractivity contribution is 5.91. The zero-order valence-corrected chi connectivity index (χ0v) is 18.9. The van der Waals surface area contributed by atoms with Crippen molar-refractivity contribution < 1.29 is 23.8 Å². The summed E-state index contributed by atoms with van der Waals surface area (Å²) < 4.78 is 16.3. The number of hydrazone groups is 1. The molecule has 0 radical (unpaired) electrons. The molecule has 3 aromatic carbocycles. The Bertz CT molecular complexity index is 1140. The predicted molar refractivity (Wildman–Crippen MR) is 131 cm³/mol. The number of ether oxygens (including phenoxy) is 3. The molecule has 0 fully saturated rings. The van der Waals surface area contributed by atoms with Crippen LogP contribution in [0, 0.1) is 0 Å². The van der Waals surface area contributed by atoms with Crippen molar-refractivity contribution in [3.8, 4) is 17.2 Å². The van der Waals surface area contributed by atoms with Crippen molar-refractivity contribution in [2.75, 3.05) is 13.2 Å². The smallest absolute Gasteiger partial charge is 0.343 e. The van der Waals surface area contributed by atoms with Crippen molar-refractivity contribution in [1.29, 1.82) is 0 Å². The molecule has 1 amide bonds. The molecule has 0 aromatic heterocycles. The van der Waals surface area contributed by atoms with Crippen molar-refractivity contribution >= 4 is 18.1 Å². The van der Waals surface area contributed by atoms with E-state index in [0.29, 0.717) is 35.8 Å². The van der Waals surface area contributed by atoms with Crippen LogP contribution < -0.4 is 19.6 Å². The van der Waals surface area contributed by atoms with Gasteiger partial charge in [0.2, 0.25) is 0 Å². The first-order valence-corrected chi connectivity index (χ1v) is 10.8. The quantitative estimate of drug-likeness (QED) is 0.150. The van der Waals surface area contributed by atoms with Gasteiger partial charge in [-0.25, -0.2) is 10.2 Å². The van der Waals surface area contributed by atoms with E-state index >= 15 is 0 Å². The lowest BCUT2D eigenvalue weighted by molar-refractivity contribution is -0.123. The fourth-order valence-electron chi connectivity index (χ4n) is 2.96. The lowest BCUT2D eigenvalue weighted by atomic mass is 10.1. The Morgan fingerprint density at radius 2 is 1.65 bits per heavy atom. The van der Waals surface area contributed by atoms with E-state index in [9.17, 15) is 9.59 Å². The molecule has 0 aliphatic carbocycles. The summed E-state index contributed by atoms with van der Waals surface area (Å²) in [5.74, 6) is 0.874. The largest absolute Gasteiger partial charge is 0.494 e. The van der Waals surface area contributed by atoms with E-state index in [2.05, 4.69) is 17.1 Å². The number of benzene rings is 3. The molecule has 3 rings (SSSR count). The highest BCUT2D eigenvalue weighted by atomic mass is 16.5. The van der Waals surface area contributed by atoms with Crippen LogP contribution in [-0.4, -0.2) is 31.3 Å². The highest BCUT2D eigenvalue weighted by Crippen LogP contribution is 2.19. The summed E-state index contributed by atoms with van der Waals surface area (Å²) in [5.41, 5.74) is 4.52. The average Bonchev–Trinajstić information content (AvgIpc) is 2.85. The second-order valence-electron chi connectivity index (χ2n) is 7.10. The summed E-state index contributed by atoms with van der Waals surface area (Å²) in [5, 5.41) is 3.93. The van der Waals surface area contributed by atoms with Crippen molar-refractivity contribution in [3.05, 3.63) is 102 Å². The van der Waals surface area contributed by atoms with E-state index < -0.39 is 5.97 Å². The van der Waals surface area contributed by atoms with E-state index in [-0.39, 0.29) is 12.5 Å². The molecule has 0 saturated carbocycles. The Hall–Kier alpha value is -4.39. The Morgan fingerprint density at radius 3 is 2.35 bits per heavy atom. The van der Waals surface area contributed by atoms with Crippen LogP contribution in [0.15, 0.2) is 90.6 Å². The number of para-hydroxylation sites is 1. The molecule has 0 heterocycles.